The van der Waals surface area contributed by atoms with Crippen LogP contribution in [-0.2, 0) is 9.53 Å². The van der Waals surface area contributed by atoms with Crippen molar-refractivity contribution in [2.45, 2.75) is 32.9 Å². The van der Waals surface area contributed by atoms with Gasteiger partial charge in [-0.05, 0) is 50.6 Å². The Kier molecular flexibility index (Phi) is 4.66. The van der Waals surface area contributed by atoms with E-state index in [1.807, 2.05) is 49.6 Å². The van der Waals surface area contributed by atoms with Crippen molar-refractivity contribution in [1.29, 1.82) is 0 Å². The van der Waals surface area contributed by atoms with Crippen molar-refractivity contribution in [1.82, 2.24) is 9.55 Å². The summed E-state index contributed by atoms with van der Waals surface area (Å²) < 4.78 is 12.8. The molecular weight excluding hydrogens is 370 g/mol. The number of phenols is 1. The summed E-state index contributed by atoms with van der Waals surface area (Å²) in [5.41, 5.74) is 3.64. The monoisotopic (exact) mass is 393 g/mol. The number of para-hydroxylation sites is 2. The molecule has 0 aliphatic carbocycles. The third-order valence-electron chi connectivity index (χ3n) is 4.91. The highest BCUT2D eigenvalue weighted by molar-refractivity contribution is 5.94. The van der Waals surface area contributed by atoms with E-state index in [0.29, 0.717) is 23.0 Å². The Hall–Kier alpha value is -3.48. The average molecular weight is 393 g/mol. The second-order valence-corrected chi connectivity index (χ2v) is 7.25. The number of carbonyl (C=O) groups is 1. The number of nitrogens with zero attached hydrogens (tertiary/aromatic N) is 2. The highest BCUT2D eigenvalue weighted by atomic mass is 16.5. The van der Waals surface area contributed by atoms with Gasteiger partial charge in [0.1, 0.15) is 0 Å². The lowest BCUT2D eigenvalue weighted by Crippen LogP contribution is -2.30. The second kappa shape index (κ2) is 7.16. The molecule has 2 aromatic carbocycles. The number of fused-ring (bicyclic) bond motifs is 3. The van der Waals surface area contributed by atoms with E-state index in [0.717, 1.165) is 16.6 Å². The van der Waals surface area contributed by atoms with Gasteiger partial charge in [-0.1, -0.05) is 18.2 Å². The number of imidazole rings is 1. The molecule has 7 heteroatoms. The number of rotatable bonds is 4. The Morgan fingerprint density at radius 2 is 2.00 bits per heavy atom. The highest BCUT2D eigenvalue weighted by Gasteiger charge is 2.35. The molecule has 0 saturated carbocycles. The van der Waals surface area contributed by atoms with Gasteiger partial charge in [0.25, 0.3) is 0 Å². The zero-order valence-electron chi connectivity index (χ0n) is 16.8. The van der Waals surface area contributed by atoms with Crippen LogP contribution in [0.15, 0.2) is 53.7 Å². The number of aromatic nitrogens is 2. The molecule has 2 N–H and O–H groups in total. The number of hydrogen-bond donors (Lipinski definition) is 2. The number of phenolic OH excluding ortho intramolecular Hbond substituents is 1. The molecule has 0 spiro atoms. The number of nitrogens with one attached hydrogen (secondary N) is 1. The summed E-state index contributed by atoms with van der Waals surface area (Å²) in [6.07, 6.45) is -0.251. The van der Waals surface area contributed by atoms with Crippen LogP contribution in [0.25, 0.3) is 11.0 Å². The fraction of sp³-hybridized carbons (Fsp3) is 0.273. The third kappa shape index (κ3) is 3.18. The third-order valence-corrected chi connectivity index (χ3v) is 4.91. The first-order chi connectivity index (χ1) is 13.9. The Bertz CT molecular complexity index is 1130. The Balaban J connectivity index is 1.97. The number of ether oxygens (including phenoxy) is 2. The standard InChI is InChI=1S/C22H23N3O4/c1-12(2)29-21(27)19-13(3)23-22-24-15-7-5-6-8-16(15)25(22)20(19)14-9-10-17(26)18(11-14)28-4/h5-12,20,26H,1-4H3,(H,23,24). The molecule has 0 amide bonds. The van der Waals surface area contributed by atoms with Gasteiger partial charge in [0.05, 0.1) is 35.9 Å². The van der Waals surface area contributed by atoms with E-state index in [2.05, 4.69) is 10.3 Å². The molecule has 29 heavy (non-hydrogen) atoms. The molecule has 1 aliphatic heterocycles. The number of aromatic hydroxyl groups is 1. The van der Waals surface area contributed by atoms with Gasteiger partial charge >= 0.3 is 5.97 Å². The number of methoxy groups -OCH3 is 1. The van der Waals surface area contributed by atoms with Gasteiger partial charge in [0.15, 0.2) is 11.5 Å². The molecule has 7 nitrogen and oxygen atoms in total. The first-order valence-corrected chi connectivity index (χ1v) is 9.43. The van der Waals surface area contributed by atoms with Crippen molar-refractivity contribution < 1.29 is 19.4 Å². The SMILES string of the molecule is COc1cc(C2C(C(=O)OC(C)C)=C(C)Nc3nc4ccccc4n32)ccc1O. The lowest BCUT2D eigenvalue weighted by Gasteiger charge is -2.30. The fourth-order valence-corrected chi connectivity index (χ4v) is 3.69. The normalized spacial score (nSPS) is 16.0. The van der Waals surface area contributed by atoms with Gasteiger partial charge in [-0.3, -0.25) is 4.57 Å². The van der Waals surface area contributed by atoms with E-state index < -0.39 is 12.0 Å². The van der Waals surface area contributed by atoms with Crippen molar-refractivity contribution >= 4 is 23.0 Å². The van der Waals surface area contributed by atoms with E-state index >= 15 is 0 Å². The first kappa shape index (κ1) is 18.9. The summed E-state index contributed by atoms with van der Waals surface area (Å²) in [5, 5.41) is 13.3. The molecule has 0 saturated heterocycles. The van der Waals surface area contributed by atoms with Crippen LogP contribution in [0.1, 0.15) is 32.4 Å². The van der Waals surface area contributed by atoms with Crippen LogP contribution >= 0.6 is 0 Å². The van der Waals surface area contributed by atoms with Crippen molar-refractivity contribution in [3.63, 3.8) is 0 Å². The van der Waals surface area contributed by atoms with Gasteiger partial charge in [-0.25, -0.2) is 9.78 Å². The van der Waals surface area contributed by atoms with Gasteiger partial charge in [0, 0.05) is 5.70 Å². The molecule has 1 aliphatic rings. The Labute approximate surface area is 168 Å². The highest BCUT2D eigenvalue weighted by Crippen LogP contribution is 2.41. The van der Waals surface area contributed by atoms with Crippen LogP contribution in [0.2, 0.25) is 0 Å². The van der Waals surface area contributed by atoms with Crippen molar-refractivity contribution in [3.8, 4) is 11.5 Å². The van der Waals surface area contributed by atoms with Gasteiger partial charge < -0.3 is 19.9 Å². The minimum atomic E-state index is -0.487. The number of esters is 1. The number of anilines is 1. The van der Waals surface area contributed by atoms with Gasteiger partial charge in [-0.15, -0.1) is 0 Å². The summed E-state index contributed by atoms with van der Waals surface area (Å²) in [4.78, 5) is 17.7. The molecule has 0 radical (unpaired) electrons. The smallest absolute Gasteiger partial charge is 0.338 e. The summed E-state index contributed by atoms with van der Waals surface area (Å²) in [6, 6.07) is 12.3. The number of allylic oxidation sites excluding steroid dienone is 1. The fourth-order valence-electron chi connectivity index (χ4n) is 3.69. The van der Waals surface area contributed by atoms with Crippen LogP contribution in [-0.4, -0.2) is 33.8 Å². The Morgan fingerprint density at radius 1 is 1.24 bits per heavy atom. The van der Waals surface area contributed by atoms with E-state index in [4.69, 9.17) is 9.47 Å². The summed E-state index contributed by atoms with van der Waals surface area (Å²) >= 11 is 0. The summed E-state index contributed by atoms with van der Waals surface area (Å²) in [5.74, 6) is 0.612. The van der Waals surface area contributed by atoms with E-state index in [1.165, 1.54) is 7.11 Å². The minimum absolute atomic E-state index is 0.0351. The molecule has 2 heterocycles. The largest absolute Gasteiger partial charge is 0.504 e. The van der Waals surface area contributed by atoms with E-state index in [1.54, 1.807) is 18.2 Å². The molecule has 0 bridgehead atoms. The molecule has 1 aromatic heterocycles. The van der Waals surface area contributed by atoms with E-state index in [-0.39, 0.29) is 11.9 Å². The lowest BCUT2D eigenvalue weighted by molar-refractivity contribution is -0.143. The lowest BCUT2D eigenvalue weighted by atomic mass is 9.94. The predicted molar refractivity (Wildman–Crippen MR) is 110 cm³/mol. The van der Waals surface area contributed by atoms with Crippen LogP contribution in [0.5, 0.6) is 11.5 Å². The molecule has 1 unspecified atom stereocenters. The first-order valence-electron chi connectivity index (χ1n) is 9.43. The molecular formula is C22H23N3O4. The molecule has 4 rings (SSSR count). The molecule has 1 atom stereocenters. The molecule has 150 valence electrons. The van der Waals surface area contributed by atoms with Crippen LogP contribution in [0.3, 0.4) is 0 Å². The number of benzene rings is 2. The predicted octanol–water partition coefficient (Wildman–Crippen LogP) is 3.99. The maximum atomic E-state index is 13.1. The maximum Gasteiger partial charge on any atom is 0.338 e. The van der Waals surface area contributed by atoms with Gasteiger partial charge in [0.2, 0.25) is 5.95 Å². The number of carbonyl (C=O) groups excluding carboxylic acids is 1. The van der Waals surface area contributed by atoms with Crippen molar-refractivity contribution in [3.05, 3.63) is 59.3 Å². The molecule has 3 aromatic rings. The zero-order chi connectivity index (χ0) is 20.7. The maximum absolute atomic E-state index is 13.1. The summed E-state index contributed by atoms with van der Waals surface area (Å²) in [7, 11) is 1.49. The van der Waals surface area contributed by atoms with Crippen LogP contribution < -0.4 is 10.1 Å². The second-order valence-electron chi connectivity index (χ2n) is 7.25. The summed E-state index contributed by atoms with van der Waals surface area (Å²) in [6.45, 7) is 5.48. The topological polar surface area (TPSA) is 85.6 Å². The van der Waals surface area contributed by atoms with Crippen molar-refractivity contribution in [2.75, 3.05) is 12.4 Å². The number of hydrogen-bond acceptors (Lipinski definition) is 6. The van der Waals surface area contributed by atoms with Crippen molar-refractivity contribution in [2.24, 2.45) is 0 Å². The van der Waals surface area contributed by atoms with Crippen LogP contribution in [0, 0.1) is 0 Å². The Morgan fingerprint density at radius 3 is 2.72 bits per heavy atom. The zero-order valence-corrected chi connectivity index (χ0v) is 16.8. The van der Waals surface area contributed by atoms with Gasteiger partial charge in [-0.2, -0.15) is 0 Å². The average Bonchev–Trinajstić information content (AvgIpc) is 3.04. The van der Waals surface area contributed by atoms with Crippen LogP contribution in [0.4, 0.5) is 5.95 Å². The minimum Gasteiger partial charge on any atom is -0.504 e. The van der Waals surface area contributed by atoms with E-state index in [9.17, 15) is 9.90 Å². The molecule has 0 fully saturated rings. The quantitative estimate of drug-likeness (QED) is 0.652.